The number of carbonyl (C=O) groups excluding carboxylic acids is 1. The van der Waals surface area contributed by atoms with Crippen LogP contribution >= 0.6 is 11.3 Å². The average Bonchev–Trinajstić information content (AvgIpc) is 3.05. The fraction of sp³-hybridized carbons (Fsp3) is 0.643. The summed E-state index contributed by atoms with van der Waals surface area (Å²) in [5.41, 5.74) is 5.77. The third-order valence-corrected chi connectivity index (χ3v) is 4.76. The van der Waals surface area contributed by atoms with E-state index in [1.807, 2.05) is 11.0 Å². The molecule has 1 heterocycles. The van der Waals surface area contributed by atoms with E-state index in [1.54, 1.807) is 11.3 Å². The molecule has 2 atom stereocenters. The van der Waals surface area contributed by atoms with Gasteiger partial charge in [0.1, 0.15) is 0 Å². The van der Waals surface area contributed by atoms with E-state index in [1.165, 1.54) is 4.88 Å². The lowest BCUT2D eigenvalue weighted by Gasteiger charge is -2.26. The van der Waals surface area contributed by atoms with Gasteiger partial charge in [0.15, 0.2) is 0 Å². The number of hydrogen-bond donors (Lipinski definition) is 1. The second-order valence-corrected chi connectivity index (χ2v) is 6.00. The number of amides is 1. The summed E-state index contributed by atoms with van der Waals surface area (Å²) < 4.78 is 0. The predicted octanol–water partition coefficient (Wildman–Crippen LogP) is 2.47. The number of nitrogens with two attached hydrogens (primary N) is 1. The first-order valence-electron chi connectivity index (χ1n) is 6.77. The van der Waals surface area contributed by atoms with Crippen LogP contribution in [0.5, 0.6) is 0 Å². The summed E-state index contributed by atoms with van der Waals surface area (Å²) in [6, 6.07) is 4.13. The van der Waals surface area contributed by atoms with Gasteiger partial charge in [0.2, 0.25) is 5.91 Å². The fourth-order valence-electron chi connectivity index (χ4n) is 2.81. The third-order valence-electron chi connectivity index (χ3n) is 3.90. The highest BCUT2D eigenvalue weighted by Gasteiger charge is 2.34. The summed E-state index contributed by atoms with van der Waals surface area (Å²) in [6.45, 7) is 4.23. The topological polar surface area (TPSA) is 46.3 Å². The second kappa shape index (κ2) is 6.34. The Hall–Kier alpha value is -0.870. The normalized spacial score (nSPS) is 23.2. The number of carbonyl (C=O) groups is 1. The number of rotatable bonds is 5. The van der Waals surface area contributed by atoms with Crippen molar-refractivity contribution in [3.63, 3.8) is 0 Å². The Bertz CT molecular complexity index is 377. The first-order valence-corrected chi connectivity index (χ1v) is 7.65. The molecule has 4 heteroatoms. The van der Waals surface area contributed by atoms with E-state index in [9.17, 15) is 4.79 Å². The van der Waals surface area contributed by atoms with Gasteiger partial charge in [-0.1, -0.05) is 12.5 Å². The minimum atomic E-state index is 0.162. The van der Waals surface area contributed by atoms with Crippen molar-refractivity contribution in [3.8, 4) is 0 Å². The molecular formula is C14H22N2OS. The molecule has 1 saturated carbocycles. The van der Waals surface area contributed by atoms with E-state index < -0.39 is 0 Å². The van der Waals surface area contributed by atoms with Crippen LogP contribution in [0.15, 0.2) is 17.5 Å². The molecule has 18 heavy (non-hydrogen) atoms. The van der Waals surface area contributed by atoms with Crippen molar-refractivity contribution < 1.29 is 4.79 Å². The monoisotopic (exact) mass is 266 g/mol. The summed E-state index contributed by atoms with van der Waals surface area (Å²) in [4.78, 5) is 15.8. The maximum absolute atomic E-state index is 12.5. The maximum atomic E-state index is 12.5. The summed E-state index contributed by atoms with van der Waals surface area (Å²) in [5.74, 6) is 0.864. The molecule has 1 aliphatic carbocycles. The van der Waals surface area contributed by atoms with E-state index in [2.05, 4.69) is 18.4 Å². The molecule has 2 N–H and O–H groups in total. The van der Waals surface area contributed by atoms with Crippen LogP contribution in [0, 0.1) is 11.8 Å². The van der Waals surface area contributed by atoms with Gasteiger partial charge in [-0.2, -0.15) is 0 Å². The van der Waals surface area contributed by atoms with Crippen molar-refractivity contribution in [2.45, 2.75) is 32.7 Å². The quantitative estimate of drug-likeness (QED) is 0.890. The van der Waals surface area contributed by atoms with Gasteiger partial charge in [-0.15, -0.1) is 11.3 Å². The highest BCUT2D eigenvalue weighted by Crippen LogP contribution is 2.32. The molecule has 0 unspecified atom stereocenters. The van der Waals surface area contributed by atoms with Crippen molar-refractivity contribution in [2.75, 3.05) is 13.1 Å². The largest absolute Gasteiger partial charge is 0.338 e. The van der Waals surface area contributed by atoms with Gasteiger partial charge in [0.25, 0.3) is 0 Å². The van der Waals surface area contributed by atoms with Gasteiger partial charge in [-0.25, -0.2) is 0 Å². The molecule has 100 valence electrons. The zero-order chi connectivity index (χ0) is 13.0. The summed E-state index contributed by atoms with van der Waals surface area (Å²) in [7, 11) is 0. The van der Waals surface area contributed by atoms with Gasteiger partial charge in [0.05, 0.1) is 6.54 Å². The Kier molecular flexibility index (Phi) is 4.78. The van der Waals surface area contributed by atoms with E-state index in [4.69, 9.17) is 5.73 Å². The Morgan fingerprint density at radius 2 is 2.39 bits per heavy atom. The van der Waals surface area contributed by atoms with Gasteiger partial charge < -0.3 is 10.6 Å². The van der Waals surface area contributed by atoms with Crippen LogP contribution in [-0.2, 0) is 11.3 Å². The molecule has 0 bridgehead atoms. The number of thiophene rings is 1. The van der Waals surface area contributed by atoms with Gasteiger partial charge in [-0.05, 0) is 43.7 Å². The fourth-order valence-corrected chi connectivity index (χ4v) is 3.53. The molecule has 3 nitrogen and oxygen atoms in total. The molecule has 1 amide bonds. The van der Waals surface area contributed by atoms with E-state index in [-0.39, 0.29) is 5.92 Å². The lowest BCUT2D eigenvalue weighted by molar-refractivity contribution is -0.137. The zero-order valence-electron chi connectivity index (χ0n) is 11.0. The van der Waals surface area contributed by atoms with E-state index >= 15 is 0 Å². The first-order chi connectivity index (χ1) is 8.76. The molecule has 0 aromatic carbocycles. The van der Waals surface area contributed by atoms with Crippen LogP contribution in [-0.4, -0.2) is 23.9 Å². The molecule has 0 aliphatic heterocycles. The van der Waals surface area contributed by atoms with Crippen LogP contribution in [0.1, 0.15) is 31.1 Å². The van der Waals surface area contributed by atoms with Crippen molar-refractivity contribution in [2.24, 2.45) is 17.6 Å². The van der Waals surface area contributed by atoms with Gasteiger partial charge in [0, 0.05) is 17.3 Å². The second-order valence-electron chi connectivity index (χ2n) is 4.96. The smallest absolute Gasteiger partial charge is 0.226 e. The minimum absolute atomic E-state index is 0.162. The SMILES string of the molecule is CCN(Cc1cccs1)C(=O)[C@@H]1CCC[C@@H]1CN. The summed E-state index contributed by atoms with van der Waals surface area (Å²) in [5, 5.41) is 2.06. The van der Waals surface area contributed by atoms with Crippen LogP contribution in [0.3, 0.4) is 0 Å². The lowest BCUT2D eigenvalue weighted by Crippen LogP contribution is -2.38. The van der Waals surface area contributed by atoms with Crippen molar-refractivity contribution in [1.29, 1.82) is 0 Å². The molecule has 1 aliphatic rings. The Balaban J connectivity index is 2.01. The van der Waals surface area contributed by atoms with E-state index in [0.717, 1.165) is 32.4 Å². The predicted molar refractivity (Wildman–Crippen MR) is 75.3 cm³/mol. The highest BCUT2D eigenvalue weighted by atomic mass is 32.1. The van der Waals surface area contributed by atoms with E-state index in [0.29, 0.717) is 18.4 Å². The van der Waals surface area contributed by atoms with Crippen molar-refractivity contribution in [3.05, 3.63) is 22.4 Å². The molecule has 0 spiro atoms. The Morgan fingerprint density at radius 1 is 1.56 bits per heavy atom. The minimum Gasteiger partial charge on any atom is -0.338 e. The molecule has 1 aromatic rings. The molecule has 0 saturated heterocycles. The lowest BCUT2D eigenvalue weighted by atomic mass is 9.94. The summed E-state index contributed by atoms with van der Waals surface area (Å²) in [6.07, 6.45) is 3.28. The van der Waals surface area contributed by atoms with Gasteiger partial charge in [-0.3, -0.25) is 4.79 Å². The maximum Gasteiger partial charge on any atom is 0.226 e. The molecule has 2 rings (SSSR count). The molecule has 1 aromatic heterocycles. The number of hydrogen-bond acceptors (Lipinski definition) is 3. The van der Waals surface area contributed by atoms with Crippen LogP contribution < -0.4 is 5.73 Å². The van der Waals surface area contributed by atoms with Crippen molar-refractivity contribution in [1.82, 2.24) is 4.90 Å². The molecular weight excluding hydrogens is 244 g/mol. The Labute approximate surface area is 113 Å². The molecule has 0 radical (unpaired) electrons. The number of nitrogens with zero attached hydrogens (tertiary/aromatic N) is 1. The first kappa shape index (κ1) is 13.6. The average molecular weight is 266 g/mol. The van der Waals surface area contributed by atoms with Gasteiger partial charge >= 0.3 is 0 Å². The van der Waals surface area contributed by atoms with Crippen LogP contribution in [0.4, 0.5) is 0 Å². The van der Waals surface area contributed by atoms with Crippen molar-refractivity contribution >= 4 is 17.2 Å². The highest BCUT2D eigenvalue weighted by molar-refractivity contribution is 7.09. The molecule has 1 fully saturated rings. The summed E-state index contributed by atoms with van der Waals surface area (Å²) >= 11 is 1.71. The standard InChI is InChI=1S/C14H22N2OS/c1-2-16(10-12-6-4-8-18-12)14(17)13-7-3-5-11(13)9-15/h4,6,8,11,13H,2-3,5,7,9-10,15H2,1H3/t11-,13-/m1/s1. The zero-order valence-corrected chi connectivity index (χ0v) is 11.8. The van der Waals surface area contributed by atoms with Crippen LogP contribution in [0.25, 0.3) is 0 Å². The Morgan fingerprint density at radius 3 is 3.00 bits per heavy atom. The third kappa shape index (κ3) is 2.93. The van der Waals surface area contributed by atoms with Crippen LogP contribution in [0.2, 0.25) is 0 Å².